The van der Waals surface area contributed by atoms with E-state index in [0.717, 1.165) is 18.7 Å². The van der Waals surface area contributed by atoms with E-state index in [1.54, 1.807) is 6.20 Å². The van der Waals surface area contributed by atoms with Crippen molar-refractivity contribution >= 4 is 0 Å². The first kappa shape index (κ1) is 14.4. The molecule has 3 rings (SSSR count). The number of allylic oxidation sites excluding steroid dienone is 2. The predicted octanol–water partition coefficient (Wildman–Crippen LogP) is 3.23. The Morgan fingerprint density at radius 2 is 2.09 bits per heavy atom. The Hall–Kier alpha value is -2.57. The number of hydrogen-bond acceptors (Lipinski definition) is 3. The van der Waals surface area contributed by atoms with Gasteiger partial charge in [0, 0.05) is 6.54 Å². The fourth-order valence-corrected chi connectivity index (χ4v) is 2.17. The third kappa shape index (κ3) is 3.03. The number of nitrogens with zero attached hydrogens (tertiary/aromatic N) is 4. The van der Waals surface area contributed by atoms with Crippen LogP contribution >= 0.6 is 0 Å². The van der Waals surface area contributed by atoms with Crippen LogP contribution in [0.1, 0.15) is 17.7 Å². The zero-order valence-electron chi connectivity index (χ0n) is 11.5. The first-order chi connectivity index (χ1) is 10.6. The number of aromatic nitrogens is 3. The minimum atomic E-state index is -2.87. The van der Waals surface area contributed by atoms with Gasteiger partial charge in [0.2, 0.25) is 0 Å². The van der Waals surface area contributed by atoms with Gasteiger partial charge in [-0.1, -0.05) is 17.4 Å². The summed E-state index contributed by atoms with van der Waals surface area (Å²) in [6.07, 6.45) is 6.61. The van der Waals surface area contributed by atoms with Crippen LogP contribution in [0, 0.1) is 5.82 Å². The standard InChI is InChI=1S/C15H13F3N4/c16-14-5-4-12(8-13(14)15(17)18)22-10-11(19-20-22)9-21-6-2-1-3-7-21/h1-6,8,10,15H,7,9H2. The number of rotatable bonds is 4. The van der Waals surface area contributed by atoms with Crippen molar-refractivity contribution in [3.63, 3.8) is 0 Å². The van der Waals surface area contributed by atoms with Crippen molar-refractivity contribution in [1.29, 1.82) is 0 Å². The van der Waals surface area contributed by atoms with Gasteiger partial charge in [-0.05, 0) is 30.5 Å². The molecule has 1 aliphatic rings. The molecule has 0 radical (unpaired) electrons. The molecule has 22 heavy (non-hydrogen) atoms. The highest BCUT2D eigenvalue weighted by atomic mass is 19.3. The van der Waals surface area contributed by atoms with Gasteiger partial charge in [0.15, 0.2) is 0 Å². The molecule has 0 bridgehead atoms. The van der Waals surface area contributed by atoms with Gasteiger partial charge in [0.25, 0.3) is 6.43 Å². The lowest BCUT2D eigenvalue weighted by molar-refractivity contribution is 0.146. The van der Waals surface area contributed by atoms with Gasteiger partial charge >= 0.3 is 0 Å². The van der Waals surface area contributed by atoms with Crippen LogP contribution in [0.25, 0.3) is 5.69 Å². The smallest absolute Gasteiger partial charge is 0.266 e. The van der Waals surface area contributed by atoms with Gasteiger partial charge in [-0.2, -0.15) is 0 Å². The van der Waals surface area contributed by atoms with E-state index in [9.17, 15) is 13.2 Å². The second-order valence-electron chi connectivity index (χ2n) is 4.86. The van der Waals surface area contributed by atoms with E-state index in [-0.39, 0.29) is 0 Å². The SMILES string of the molecule is Fc1ccc(-n2cc(CN3C=CC=CC3)nn2)cc1C(F)F. The largest absolute Gasteiger partial charge is 0.368 e. The van der Waals surface area contributed by atoms with Crippen LogP contribution in [0.2, 0.25) is 0 Å². The van der Waals surface area contributed by atoms with Crippen molar-refractivity contribution in [2.45, 2.75) is 13.0 Å². The summed E-state index contributed by atoms with van der Waals surface area (Å²) in [4.78, 5) is 2.03. The summed E-state index contributed by atoms with van der Waals surface area (Å²) in [7, 11) is 0. The fraction of sp³-hybridized carbons (Fsp3) is 0.200. The Balaban J connectivity index is 1.80. The Morgan fingerprint density at radius 1 is 1.23 bits per heavy atom. The maximum absolute atomic E-state index is 13.3. The Morgan fingerprint density at radius 3 is 2.82 bits per heavy atom. The highest BCUT2D eigenvalue weighted by molar-refractivity contribution is 5.36. The summed E-state index contributed by atoms with van der Waals surface area (Å²) in [5, 5.41) is 7.93. The lowest BCUT2D eigenvalue weighted by Crippen LogP contribution is -2.18. The first-order valence-electron chi connectivity index (χ1n) is 6.70. The Kier molecular flexibility index (Phi) is 3.95. The summed E-state index contributed by atoms with van der Waals surface area (Å²) >= 11 is 0. The minimum absolute atomic E-state index is 0.351. The number of hydrogen-bond donors (Lipinski definition) is 0. The molecule has 0 spiro atoms. The van der Waals surface area contributed by atoms with Gasteiger partial charge in [0.05, 0.1) is 24.0 Å². The van der Waals surface area contributed by atoms with Crippen LogP contribution in [0.15, 0.2) is 48.8 Å². The van der Waals surface area contributed by atoms with Crippen molar-refractivity contribution in [3.8, 4) is 5.69 Å². The molecule has 1 aliphatic heterocycles. The van der Waals surface area contributed by atoms with E-state index < -0.39 is 17.8 Å². The molecule has 114 valence electrons. The van der Waals surface area contributed by atoms with Crippen molar-refractivity contribution in [2.24, 2.45) is 0 Å². The molecule has 0 fully saturated rings. The predicted molar refractivity (Wildman–Crippen MR) is 75.0 cm³/mol. The highest BCUT2D eigenvalue weighted by Crippen LogP contribution is 2.24. The van der Waals surface area contributed by atoms with Gasteiger partial charge in [-0.3, -0.25) is 0 Å². The molecular formula is C15H13F3N4. The van der Waals surface area contributed by atoms with E-state index >= 15 is 0 Å². The molecule has 0 saturated heterocycles. The summed E-state index contributed by atoms with van der Waals surface area (Å²) in [6.45, 7) is 1.33. The van der Waals surface area contributed by atoms with Crippen LogP contribution < -0.4 is 0 Å². The van der Waals surface area contributed by atoms with Crippen LogP contribution in [-0.2, 0) is 6.54 Å². The highest BCUT2D eigenvalue weighted by Gasteiger charge is 2.15. The Bertz CT molecular complexity index is 721. The van der Waals surface area contributed by atoms with Crippen LogP contribution in [0.3, 0.4) is 0 Å². The third-order valence-electron chi connectivity index (χ3n) is 3.27. The summed E-state index contributed by atoms with van der Waals surface area (Å²) in [6, 6.07) is 3.49. The van der Waals surface area contributed by atoms with E-state index in [0.29, 0.717) is 17.9 Å². The van der Waals surface area contributed by atoms with Crippen LogP contribution in [0.5, 0.6) is 0 Å². The van der Waals surface area contributed by atoms with Gasteiger partial charge < -0.3 is 4.90 Å². The summed E-state index contributed by atoms with van der Waals surface area (Å²) < 4.78 is 40.1. The maximum Gasteiger partial charge on any atom is 0.266 e. The lowest BCUT2D eigenvalue weighted by atomic mass is 10.2. The zero-order chi connectivity index (χ0) is 15.5. The minimum Gasteiger partial charge on any atom is -0.368 e. The number of alkyl halides is 2. The molecule has 4 nitrogen and oxygen atoms in total. The zero-order valence-corrected chi connectivity index (χ0v) is 11.5. The molecule has 0 aliphatic carbocycles. The molecule has 0 saturated carbocycles. The van der Waals surface area contributed by atoms with E-state index in [2.05, 4.69) is 10.3 Å². The quantitative estimate of drug-likeness (QED) is 0.869. The molecule has 2 heterocycles. The molecule has 1 aromatic heterocycles. The monoisotopic (exact) mass is 306 g/mol. The Labute approximate surface area is 125 Å². The normalized spacial score (nSPS) is 14.1. The first-order valence-corrected chi connectivity index (χ1v) is 6.70. The lowest BCUT2D eigenvalue weighted by Gasteiger charge is -2.18. The topological polar surface area (TPSA) is 34.0 Å². The van der Waals surface area contributed by atoms with Gasteiger partial charge in [-0.25, -0.2) is 17.9 Å². The fourth-order valence-electron chi connectivity index (χ4n) is 2.17. The van der Waals surface area contributed by atoms with Gasteiger partial charge in [-0.15, -0.1) is 5.10 Å². The van der Waals surface area contributed by atoms with Crippen molar-refractivity contribution in [1.82, 2.24) is 19.9 Å². The molecule has 7 heteroatoms. The van der Waals surface area contributed by atoms with Crippen molar-refractivity contribution in [2.75, 3.05) is 6.54 Å². The van der Waals surface area contributed by atoms with Crippen molar-refractivity contribution < 1.29 is 13.2 Å². The summed E-state index contributed by atoms with van der Waals surface area (Å²) in [5.41, 5.74) is 0.408. The molecule has 2 aromatic rings. The molecule has 0 atom stereocenters. The van der Waals surface area contributed by atoms with Gasteiger partial charge in [0.1, 0.15) is 11.5 Å². The second-order valence-corrected chi connectivity index (χ2v) is 4.86. The van der Waals surface area contributed by atoms with E-state index in [1.165, 1.54) is 10.7 Å². The molecule has 0 N–H and O–H groups in total. The maximum atomic E-state index is 13.3. The van der Waals surface area contributed by atoms with E-state index in [4.69, 9.17) is 0 Å². The van der Waals surface area contributed by atoms with Crippen molar-refractivity contribution in [3.05, 3.63) is 65.9 Å². The molecular weight excluding hydrogens is 293 g/mol. The van der Waals surface area contributed by atoms with E-state index in [1.807, 2.05) is 29.3 Å². The molecule has 0 amide bonds. The summed E-state index contributed by atoms with van der Waals surface area (Å²) in [5.74, 6) is -0.927. The third-order valence-corrected chi connectivity index (χ3v) is 3.27. The second kappa shape index (κ2) is 6.05. The molecule has 0 unspecified atom stereocenters. The average molecular weight is 306 g/mol. The number of benzene rings is 1. The number of halogens is 3. The van der Waals surface area contributed by atoms with Crippen LogP contribution in [0.4, 0.5) is 13.2 Å². The van der Waals surface area contributed by atoms with Crippen LogP contribution in [-0.4, -0.2) is 26.4 Å². The average Bonchev–Trinajstić information content (AvgIpc) is 2.97. The molecule has 1 aromatic carbocycles.